The number of nitrogens with zero attached hydrogens (tertiary/aromatic N) is 2. The largest absolute Gasteiger partial charge is 0.333 e. The molecule has 2 aromatic rings. The number of H-pyrrole nitrogens is 1. The van der Waals surface area contributed by atoms with E-state index in [2.05, 4.69) is 10.2 Å². The number of hydrogen-bond donors (Lipinski definition) is 1. The molecule has 1 N–H and O–H groups in total. The lowest BCUT2D eigenvalue weighted by atomic mass is 10.1. The zero-order valence-corrected chi connectivity index (χ0v) is 13.0. The van der Waals surface area contributed by atoms with Crippen LogP contribution in [0, 0.1) is 11.6 Å². The second-order valence-corrected chi connectivity index (χ2v) is 5.62. The Morgan fingerprint density at radius 2 is 1.91 bits per heavy atom. The van der Waals surface area contributed by atoms with E-state index in [1.807, 2.05) is 13.8 Å². The molecule has 1 aromatic carbocycles. The number of hydrogen-bond acceptors (Lipinski definition) is 2. The van der Waals surface area contributed by atoms with Crippen LogP contribution in [-0.4, -0.2) is 28.1 Å². The summed E-state index contributed by atoms with van der Waals surface area (Å²) in [5, 5.41) is 6.80. The highest BCUT2D eigenvalue weighted by molar-refractivity contribution is 5.92. The summed E-state index contributed by atoms with van der Waals surface area (Å²) >= 11 is 0. The van der Waals surface area contributed by atoms with E-state index in [4.69, 9.17) is 0 Å². The minimum Gasteiger partial charge on any atom is -0.333 e. The van der Waals surface area contributed by atoms with Crippen molar-refractivity contribution in [3.63, 3.8) is 0 Å². The number of amides is 1. The molecule has 0 radical (unpaired) electrons. The second kappa shape index (κ2) is 6.25. The van der Waals surface area contributed by atoms with Gasteiger partial charge in [-0.05, 0) is 37.1 Å². The summed E-state index contributed by atoms with van der Waals surface area (Å²) in [6.45, 7) is 5.61. The molecule has 118 valence electrons. The maximum Gasteiger partial charge on any atom is 0.274 e. The molecular formula is C16H19F2N3O. The van der Waals surface area contributed by atoms with E-state index in [0.29, 0.717) is 0 Å². The van der Waals surface area contributed by atoms with Gasteiger partial charge in [0.25, 0.3) is 5.91 Å². The molecule has 4 nitrogen and oxygen atoms in total. The van der Waals surface area contributed by atoms with Crippen molar-refractivity contribution in [1.29, 1.82) is 0 Å². The van der Waals surface area contributed by atoms with Gasteiger partial charge in [-0.2, -0.15) is 5.10 Å². The lowest BCUT2D eigenvalue weighted by molar-refractivity contribution is 0.0734. The molecule has 0 bridgehead atoms. The van der Waals surface area contributed by atoms with Gasteiger partial charge in [-0.3, -0.25) is 9.89 Å². The fourth-order valence-electron chi connectivity index (χ4n) is 2.14. The number of carbonyl (C=O) groups is 1. The Hall–Kier alpha value is -2.24. The minimum absolute atomic E-state index is 0.135. The number of halogens is 2. The van der Waals surface area contributed by atoms with Gasteiger partial charge < -0.3 is 4.90 Å². The zero-order valence-electron chi connectivity index (χ0n) is 13.0. The first-order valence-corrected chi connectivity index (χ1v) is 7.08. The van der Waals surface area contributed by atoms with Gasteiger partial charge in [0, 0.05) is 18.3 Å². The molecule has 0 saturated heterocycles. The van der Waals surface area contributed by atoms with E-state index < -0.39 is 17.7 Å². The lowest BCUT2D eigenvalue weighted by Gasteiger charge is -2.25. The summed E-state index contributed by atoms with van der Waals surface area (Å²) in [6.07, 6.45) is 0. The number of aromatic nitrogens is 2. The molecule has 0 fully saturated rings. The van der Waals surface area contributed by atoms with Crippen LogP contribution in [0.25, 0.3) is 0 Å². The van der Waals surface area contributed by atoms with Crippen molar-refractivity contribution in [1.82, 2.24) is 15.1 Å². The van der Waals surface area contributed by atoms with Crippen molar-refractivity contribution < 1.29 is 13.6 Å². The smallest absolute Gasteiger partial charge is 0.274 e. The summed E-state index contributed by atoms with van der Waals surface area (Å²) in [5.41, 5.74) is 1.24. The maximum atomic E-state index is 13.8. The third-order valence-electron chi connectivity index (χ3n) is 3.75. The predicted octanol–water partition coefficient (Wildman–Crippen LogP) is 3.64. The highest BCUT2D eigenvalue weighted by atomic mass is 19.1. The van der Waals surface area contributed by atoms with Crippen LogP contribution in [-0.2, 0) is 0 Å². The highest BCUT2D eigenvalue weighted by Crippen LogP contribution is 2.24. The third kappa shape index (κ3) is 3.16. The van der Waals surface area contributed by atoms with E-state index in [1.54, 1.807) is 20.0 Å². The SMILES string of the molecule is CC(C)c1cc(C(=O)N(C)C(C)c2cc(F)ccc2F)n[nH]1. The summed E-state index contributed by atoms with van der Waals surface area (Å²) in [5.74, 6) is -1.21. The molecule has 0 spiro atoms. The summed E-state index contributed by atoms with van der Waals surface area (Å²) in [4.78, 5) is 13.8. The topological polar surface area (TPSA) is 49.0 Å². The maximum absolute atomic E-state index is 13.8. The van der Waals surface area contributed by atoms with Gasteiger partial charge in [0.1, 0.15) is 17.3 Å². The van der Waals surface area contributed by atoms with Crippen LogP contribution in [0.2, 0.25) is 0 Å². The van der Waals surface area contributed by atoms with Crippen LogP contribution in [0.5, 0.6) is 0 Å². The average molecular weight is 307 g/mol. The molecule has 0 saturated carbocycles. The van der Waals surface area contributed by atoms with E-state index in [1.165, 1.54) is 4.90 Å². The molecule has 1 atom stereocenters. The molecule has 0 aliphatic rings. The number of carbonyl (C=O) groups excluding carboxylic acids is 1. The molecule has 0 aliphatic heterocycles. The molecule has 1 heterocycles. The monoisotopic (exact) mass is 307 g/mol. The standard InChI is InChI=1S/C16H19F2N3O/c1-9(2)14-8-15(20-19-14)16(22)21(4)10(3)12-7-11(17)5-6-13(12)18/h5-10H,1-4H3,(H,19,20). The lowest BCUT2D eigenvalue weighted by Crippen LogP contribution is -2.30. The Morgan fingerprint density at radius 3 is 2.50 bits per heavy atom. The summed E-state index contributed by atoms with van der Waals surface area (Å²) in [7, 11) is 1.54. The molecule has 2 rings (SSSR count). The fourth-order valence-corrected chi connectivity index (χ4v) is 2.14. The Morgan fingerprint density at radius 1 is 1.23 bits per heavy atom. The molecule has 6 heteroatoms. The van der Waals surface area contributed by atoms with Gasteiger partial charge in [-0.15, -0.1) is 0 Å². The minimum atomic E-state index is -0.609. The van der Waals surface area contributed by atoms with Gasteiger partial charge in [0.05, 0.1) is 6.04 Å². The molecule has 22 heavy (non-hydrogen) atoms. The number of nitrogens with one attached hydrogen (secondary N) is 1. The molecule has 1 amide bonds. The van der Waals surface area contributed by atoms with Crippen molar-refractivity contribution in [2.45, 2.75) is 32.7 Å². The van der Waals surface area contributed by atoms with E-state index in [-0.39, 0.29) is 23.1 Å². The summed E-state index contributed by atoms with van der Waals surface area (Å²) in [6, 6.07) is 4.29. The van der Waals surface area contributed by atoms with Crippen molar-refractivity contribution in [3.05, 3.63) is 52.9 Å². The van der Waals surface area contributed by atoms with Crippen LogP contribution in [0.4, 0.5) is 8.78 Å². The molecule has 1 aromatic heterocycles. The zero-order chi connectivity index (χ0) is 16.4. The number of aromatic amines is 1. The van der Waals surface area contributed by atoms with Crippen LogP contribution in [0.15, 0.2) is 24.3 Å². The normalized spacial score (nSPS) is 12.5. The van der Waals surface area contributed by atoms with Gasteiger partial charge in [0.15, 0.2) is 0 Å². The van der Waals surface area contributed by atoms with E-state index in [0.717, 1.165) is 23.9 Å². The Labute approximate surface area is 128 Å². The van der Waals surface area contributed by atoms with Crippen molar-refractivity contribution in [2.75, 3.05) is 7.05 Å². The predicted molar refractivity (Wildman–Crippen MR) is 79.5 cm³/mol. The quantitative estimate of drug-likeness (QED) is 0.937. The first-order valence-electron chi connectivity index (χ1n) is 7.08. The van der Waals surface area contributed by atoms with Crippen molar-refractivity contribution in [2.24, 2.45) is 0 Å². The average Bonchev–Trinajstić information content (AvgIpc) is 2.97. The Kier molecular flexibility index (Phi) is 4.59. The van der Waals surface area contributed by atoms with Gasteiger partial charge in [0.2, 0.25) is 0 Å². The number of rotatable bonds is 4. The van der Waals surface area contributed by atoms with Crippen LogP contribution < -0.4 is 0 Å². The second-order valence-electron chi connectivity index (χ2n) is 5.62. The molecule has 0 aliphatic carbocycles. The molecule has 1 unspecified atom stereocenters. The van der Waals surface area contributed by atoms with Gasteiger partial charge >= 0.3 is 0 Å². The van der Waals surface area contributed by atoms with E-state index >= 15 is 0 Å². The van der Waals surface area contributed by atoms with Crippen LogP contribution in [0.3, 0.4) is 0 Å². The highest BCUT2D eigenvalue weighted by Gasteiger charge is 2.23. The summed E-state index contributed by atoms with van der Waals surface area (Å²) < 4.78 is 27.1. The first-order chi connectivity index (χ1) is 10.3. The van der Waals surface area contributed by atoms with Crippen LogP contribution >= 0.6 is 0 Å². The Balaban J connectivity index is 2.23. The van der Waals surface area contributed by atoms with Gasteiger partial charge in [-0.1, -0.05) is 13.8 Å². The number of benzene rings is 1. The van der Waals surface area contributed by atoms with Crippen molar-refractivity contribution in [3.8, 4) is 0 Å². The fraction of sp³-hybridized carbons (Fsp3) is 0.375. The van der Waals surface area contributed by atoms with Gasteiger partial charge in [-0.25, -0.2) is 8.78 Å². The van der Waals surface area contributed by atoms with Crippen molar-refractivity contribution >= 4 is 5.91 Å². The first kappa shape index (κ1) is 16.1. The van der Waals surface area contributed by atoms with E-state index in [9.17, 15) is 13.6 Å². The third-order valence-corrected chi connectivity index (χ3v) is 3.75. The Bertz CT molecular complexity index is 682. The molecular weight excluding hydrogens is 288 g/mol. The van der Waals surface area contributed by atoms with Crippen LogP contribution in [0.1, 0.15) is 54.5 Å².